The molecule has 0 aliphatic carbocycles. The summed E-state index contributed by atoms with van der Waals surface area (Å²) in [7, 11) is 0. The van der Waals surface area contributed by atoms with Crippen molar-refractivity contribution in [3.63, 3.8) is 0 Å². The van der Waals surface area contributed by atoms with Gasteiger partial charge in [0.1, 0.15) is 18.1 Å². The molecular formula is C25H17ClF6N8O2. The van der Waals surface area contributed by atoms with Gasteiger partial charge >= 0.3 is 12.8 Å². The van der Waals surface area contributed by atoms with Crippen LogP contribution in [0.3, 0.4) is 0 Å². The van der Waals surface area contributed by atoms with E-state index >= 15 is 4.39 Å². The molecule has 4 aromatic heterocycles. The normalized spacial score (nSPS) is 12.7. The van der Waals surface area contributed by atoms with E-state index in [0.717, 1.165) is 18.5 Å². The van der Waals surface area contributed by atoms with Gasteiger partial charge in [-0.05, 0) is 46.3 Å². The van der Waals surface area contributed by atoms with Crippen molar-refractivity contribution in [2.75, 3.05) is 6.61 Å². The number of hydrogen-bond acceptors (Lipinski definition) is 7. The van der Waals surface area contributed by atoms with Crippen LogP contribution < -0.4 is 4.73 Å². The third-order valence-corrected chi connectivity index (χ3v) is 6.47. The minimum atomic E-state index is -4.68. The number of halogens is 7. The second-order valence-corrected chi connectivity index (χ2v) is 9.16. The van der Waals surface area contributed by atoms with Gasteiger partial charge < -0.3 is 9.94 Å². The number of tetrazole rings is 1. The smallest absolute Gasteiger partial charge is 0.433 e. The molecule has 0 saturated heterocycles. The average Bonchev–Trinajstić information content (AvgIpc) is 3.66. The first kappa shape index (κ1) is 28.9. The first-order valence-electron chi connectivity index (χ1n) is 12.0. The largest absolute Gasteiger partial charge is 0.618 e. The Morgan fingerprint density at radius 3 is 2.57 bits per heavy atom. The van der Waals surface area contributed by atoms with Gasteiger partial charge in [0, 0.05) is 30.4 Å². The van der Waals surface area contributed by atoms with Crippen LogP contribution >= 0.6 is 11.6 Å². The summed E-state index contributed by atoms with van der Waals surface area (Å²) < 4.78 is 87.3. The van der Waals surface area contributed by atoms with Crippen molar-refractivity contribution in [2.24, 2.45) is 0 Å². The minimum Gasteiger partial charge on any atom is -0.618 e. The number of alkyl halides is 5. The van der Waals surface area contributed by atoms with Crippen molar-refractivity contribution in [1.82, 2.24) is 35.0 Å². The van der Waals surface area contributed by atoms with Crippen molar-refractivity contribution in [3.05, 3.63) is 94.9 Å². The predicted octanol–water partition coefficient (Wildman–Crippen LogP) is 5.25. The molecular weight excluding hydrogens is 594 g/mol. The van der Waals surface area contributed by atoms with E-state index in [-0.39, 0.29) is 45.1 Å². The summed E-state index contributed by atoms with van der Waals surface area (Å²) in [4.78, 5) is 3.33. The van der Waals surface area contributed by atoms with E-state index in [1.807, 2.05) is 0 Å². The highest BCUT2D eigenvalue weighted by Crippen LogP contribution is 2.34. The van der Waals surface area contributed by atoms with Crippen LogP contribution in [0.4, 0.5) is 26.3 Å². The maximum atomic E-state index is 15.2. The second-order valence-electron chi connectivity index (χ2n) is 8.75. The average molecular weight is 611 g/mol. The zero-order chi connectivity index (χ0) is 30.0. The molecule has 1 atom stereocenters. The Labute approximate surface area is 237 Å². The molecule has 0 amide bonds. The zero-order valence-electron chi connectivity index (χ0n) is 21.0. The first-order chi connectivity index (χ1) is 20.0. The van der Waals surface area contributed by atoms with Crippen molar-refractivity contribution in [2.45, 2.75) is 25.3 Å². The topological polar surface area (TPSA) is 110 Å². The van der Waals surface area contributed by atoms with Crippen LogP contribution in [0.15, 0.2) is 67.5 Å². The van der Waals surface area contributed by atoms with Crippen LogP contribution in [0.5, 0.6) is 0 Å². The van der Waals surface area contributed by atoms with E-state index in [0.29, 0.717) is 4.73 Å². The Morgan fingerprint density at radius 1 is 1.07 bits per heavy atom. The highest BCUT2D eigenvalue weighted by atomic mass is 35.5. The van der Waals surface area contributed by atoms with Crippen LogP contribution in [0, 0.1) is 11.0 Å². The maximum absolute atomic E-state index is 15.2. The lowest BCUT2D eigenvalue weighted by Crippen LogP contribution is -2.36. The van der Waals surface area contributed by atoms with Gasteiger partial charge in [-0.1, -0.05) is 11.6 Å². The minimum absolute atomic E-state index is 0.00313. The van der Waals surface area contributed by atoms with Gasteiger partial charge in [0.25, 0.3) is 0 Å². The number of rotatable bonds is 9. The molecule has 0 fully saturated rings. The number of nitrogens with zero attached hydrogens (tertiary/aromatic N) is 8. The van der Waals surface area contributed by atoms with Crippen molar-refractivity contribution >= 4 is 11.6 Å². The Morgan fingerprint density at radius 2 is 1.88 bits per heavy atom. The third-order valence-electron chi connectivity index (χ3n) is 6.18. The van der Waals surface area contributed by atoms with Crippen LogP contribution in [0.2, 0.25) is 5.02 Å². The molecule has 0 aliphatic rings. The maximum Gasteiger partial charge on any atom is 0.433 e. The van der Waals surface area contributed by atoms with E-state index < -0.39 is 36.9 Å². The highest BCUT2D eigenvalue weighted by Gasteiger charge is 2.33. The van der Waals surface area contributed by atoms with Gasteiger partial charge in [0.2, 0.25) is 5.69 Å². The highest BCUT2D eigenvalue weighted by molar-refractivity contribution is 6.31. The van der Waals surface area contributed by atoms with Gasteiger partial charge in [-0.2, -0.15) is 36.5 Å². The number of hydrogen-bond donors (Lipinski definition) is 0. The summed E-state index contributed by atoms with van der Waals surface area (Å²) >= 11 is 6.00. The summed E-state index contributed by atoms with van der Waals surface area (Å²) in [5, 5.41) is 28.1. The van der Waals surface area contributed by atoms with Crippen molar-refractivity contribution in [1.29, 1.82) is 0 Å². The molecule has 0 saturated carbocycles. The second kappa shape index (κ2) is 11.7. The van der Waals surface area contributed by atoms with Gasteiger partial charge in [-0.25, -0.2) is 4.39 Å². The summed E-state index contributed by atoms with van der Waals surface area (Å²) in [6, 6.07) is 6.68. The molecule has 17 heteroatoms. The number of benzene rings is 1. The zero-order valence-corrected chi connectivity index (χ0v) is 21.7. The summed E-state index contributed by atoms with van der Waals surface area (Å²) in [5.74, 6) is -0.841. The Bertz CT molecular complexity index is 1700. The van der Waals surface area contributed by atoms with E-state index in [2.05, 4.69) is 30.3 Å². The standard InChI is InChI=1S/C25H17ClF6N8O2/c26-17-2-4-20(39-13-34-36-37-39)22(23(17)27)15-1-3-19(40(41)12-15)18(6-8-42-24(28)29)38-11-16(10-35-38)14-5-7-33-21(9-14)25(30,31)32/h1-5,7,9-13,18,24H,6,8H2. The lowest BCUT2D eigenvalue weighted by Gasteiger charge is -2.18. The fourth-order valence-corrected chi connectivity index (χ4v) is 4.44. The quantitative estimate of drug-likeness (QED) is 0.127. The lowest BCUT2D eigenvalue weighted by molar-refractivity contribution is -0.615. The first-order valence-corrected chi connectivity index (χ1v) is 12.3. The molecule has 0 aliphatic heterocycles. The van der Waals surface area contributed by atoms with E-state index in [1.54, 1.807) is 0 Å². The summed E-state index contributed by atoms with van der Waals surface area (Å²) in [6.07, 6.45) is 1.06. The summed E-state index contributed by atoms with van der Waals surface area (Å²) in [5.41, 5.74) is -0.515. The Kier molecular flexibility index (Phi) is 8.08. The molecule has 0 bridgehead atoms. The number of pyridine rings is 2. The molecule has 42 heavy (non-hydrogen) atoms. The molecule has 10 nitrogen and oxygen atoms in total. The number of aromatic nitrogens is 8. The predicted molar refractivity (Wildman–Crippen MR) is 134 cm³/mol. The molecule has 5 rings (SSSR count). The molecule has 0 spiro atoms. The molecule has 218 valence electrons. The van der Waals surface area contributed by atoms with Crippen LogP contribution in [-0.2, 0) is 10.9 Å². The molecule has 0 N–H and O–H groups in total. The van der Waals surface area contributed by atoms with Gasteiger partial charge in [0.05, 0.1) is 34.6 Å². The van der Waals surface area contributed by atoms with Crippen molar-refractivity contribution in [3.8, 4) is 27.9 Å². The summed E-state index contributed by atoms with van der Waals surface area (Å²) in [6.45, 7) is -3.56. The Balaban J connectivity index is 1.54. The molecule has 4 heterocycles. The van der Waals surface area contributed by atoms with Gasteiger partial charge in [-0.3, -0.25) is 9.67 Å². The SMILES string of the molecule is [O-][n+]1cc(-c2c(-n3cnnn3)ccc(Cl)c2F)ccc1C(CCOC(F)F)n1cc(-c2ccnc(C(F)(F)F)c2)cn1. The van der Waals surface area contributed by atoms with E-state index in [9.17, 15) is 27.2 Å². The van der Waals surface area contributed by atoms with Crippen LogP contribution in [-0.4, -0.2) is 48.2 Å². The van der Waals surface area contributed by atoms with Gasteiger partial charge in [-0.15, -0.1) is 5.10 Å². The number of ether oxygens (including phenoxy) is 1. The molecule has 1 unspecified atom stereocenters. The van der Waals surface area contributed by atoms with Gasteiger partial charge in [0.15, 0.2) is 12.0 Å². The fourth-order valence-electron chi connectivity index (χ4n) is 4.28. The van der Waals surface area contributed by atoms with E-state index in [1.165, 1.54) is 58.4 Å². The molecule has 0 radical (unpaired) electrons. The monoisotopic (exact) mass is 610 g/mol. The third kappa shape index (κ3) is 6.03. The van der Waals surface area contributed by atoms with Crippen LogP contribution in [0.25, 0.3) is 27.9 Å². The van der Waals surface area contributed by atoms with E-state index in [4.69, 9.17) is 11.6 Å². The van der Waals surface area contributed by atoms with Crippen molar-refractivity contribution < 1.29 is 35.8 Å². The molecule has 1 aromatic carbocycles. The lowest BCUT2D eigenvalue weighted by atomic mass is 10.0. The fraction of sp³-hybridized carbons (Fsp3) is 0.200. The van der Waals surface area contributed by atoms with Crippen LogP contribution in [0.1, 0.15) is 23.9 Å². The Hall–Kier alpha value is -4.57. The molecule has 5 aromatic rings.